The first-order valence-electron chi connectivity index (χ1n) is 6.78. The predicted octanol–water partition coefficient (Wildman–Crippen LogP) is 2.26. The molecule has 0 saturated heterocycles. The van der Waals surface area contributed by atoms with Crippen molar-refractivity contribution in [2.75, 3.05) is 13.6 Å². The molecule has 0 saturated carbocycles. The number of rotatable bonds is 3. The third kappa shape index (κ3) is 2.57. The Bertz CT molecular complexity index is 504. The van der Waals surface area contributed by atoms with Gasteiger partial charge < -0.3 is 9.88 Å². The molecule has 1 atom stereocenters. The second kappa shape index (κ2) is 4.83. The van der Waals surface area contributed by atoms with Gasteiger partial charge in [0.25, 0.3) is 0 Å². The molecule has 0 aliphatic heterocycles. The molecule has 0 bridgehead atoms. The van der Waals surface area contributed by atoms with Crippen molar-refractivity contribution in [3.05, 3.63) is 23.5 Å². The summed E-state index contributed by atoms with van der Waals surface area (Å²) >= 11 is 0. The summed E-state index contributed by atoms with van der Waals surface area (Å²) in [5.41, 5.74) is 1.03. The van der Waals surface area contributed by atoms with Crippen molar-refractivity contribution < 1.29 is 9.59 Å². The van der Waals surface area contributed by atoms with Crippen molar-refractivity contribution in [1.82, 2.24) is 9.88 Å². The lowest BCUT2D eigenvalue weighted by molar-refractivity contribution is -0.140. The summed E-state index contributed by atoms with van der Waals surface area (Å²) in [6, 6.07) is 1.81. The third-order valence-electron chi connectivity index (χ3n) is 3.75. The van der Waals surface area contributed by atoms with Gasteiger partial charge in [0.1, 0.15) is 0 Å². The standard InChI is InChI=1S/C15H22N2O2/c1-10(2)9-17(4)14(19)15(3)7-12-11(5-6-16-12)13(18)8-15/h5-6,10,16H,7-9H2,1-4H3. The number of carbonyl (C=O) groups excluding carboxylic acids is 2. The van der Waals surface area contributed by atoms with Crippen molar-refractivity contribution in [2.45, 2.75) is 33.6 Å². The number of Topliss-reactive ketones (excluding diaryl/α,β-unsaturated/α-hetero) is 1. The highest BCUT2D eigenvalue weighted by atomic mass is 16.2. The molecule has 4 nitrogen and oxygen atoms in total. The fourth-order valence-corrected chi connectivity index (χ4v) is 2.96. The number of carbonyl (C=O) groups is 2. The summed E-state index contributed by atoms with van der Waals surface area (Å²) in [6.45, 7) is 6.79. The first kappa shape index (κ1) is 13.8. The maximum atomic E-state index is 12.6. The van der Waals surface area contributed by atoms with Crippen LogP contribution in [0.4, 0.5) is 0 Å². The molecular weight excluding hydrogens is 240 g/mol. The molecule has 0 radical (unpaired) electrons. The number of fused-ring (bicyclic) bond motifs is 1. The van der Waals surface area contributed by atoms with Gasteiger partial charge in [-0.1, -0.05) is 13.8 Å². The molecule has 1 aliphatic rings. The molecule has 104 valence electrons. The van der Waals surface area contributed by atoms with Gasteiger partial charge in [-0.25, -0.2) is 0 Å². The molecule has 1 unspecified atom stereocenters. The maximum absolute atomic E-state index is 12.6. The summed E-state index contributed by atoms with van der Waals surface area (Å²) in [5.74, 6) is 0.559. The molecule has 1 heterocycles. The molecule has 4 heteroatoms. The van der Waals surface area contributed by atoms with Gasteiger partial charge in [-0.2, -0.15) is 0 Å². The van der Waals surface area contributed by atoms with Gasteiger partial charge in [-0.3, -0.25) is 9.59 Å². The quantitative estimate of drug-likeness (QED) is 0.908. The average molecular weight is 262 g/mol. The van der Waals surface area contributed by atoms with Gasteiger partial charge in [0.2, 0.25) is 5.91 Å². The van der Waals surface area contributed by atoms with Crippen molar-refractivity contribution in [3.8, 4) is 0 Å². The minimum absolute atomic E-state index is 0.0646. The molecule has 1 amide bonds. The van der Waals surface area contributed by atoms with E-state index in [0.29, 0.717) is 18.8 Å². The van der Waals surface area contributed by atoms with E-state index in [-0.39, 0.29) is 11.7 Å². The lowest BCUT2D eigenvalue weighted by atomic mass is 9.73. The van der Waals surface area contributed by atoms with Crippen LogP contribution in [-0.2, 0) is 11.2 Å². The Morgan fingerprint density at radius 1 is 1.47 bits per heavy atom. The summed E-state index contributed by atoms with van der Waals surface area (Å²) in [4.78, 5) is 29.6. The molecular formula is C15H22N2O2. The molecule has 0 aromatic carbocycles. The number of hydrogen-bond donors (Lipinski definition) is 1. The Labute approximate surface area is 114 Å². The van der Waals surface area contributed by atoms with Gasteiger partial charge >= 0.3 is 0 Å². The second-order valence-electron chi connectivity index (χ2n) is 6.29. The van der Waals surface area contributed by atoms with Crippen molar-refractivity contribution in [2.24, 2.45) is 11.3 Å². The van der Waals surface area contributed by atoms with E-state index in [9.17, 15) is 9.59 Å². The molecule has 0 spiro atoms. The number of nitrogens with zero attached hydrogens (tertiary/aromatic N) is 1. The number of nitrogens with one attached hydrogen (secondary N) is 1. The highest BCUT2D eigenvalue weighted by Gasteiger charge is 2.42. The molecule has 1 aromatic heterocycles. The van der Waals surface area contributed by atoms with Crippen LogP contribution >= 0.6 is 0 Å². The molecule has 1 aromatic rings. The van der Waals surface area contributed by atoms with E-state index in [1.165, 1.54) is 0 Å². The van der Waals surface area contributed by atoms with E-state index in [1.807, 2.05) is 14.0 Å². The fraction of sp³-hybridized carbons (Fsp3) is 0.600. The van der Waals surface area contributed by atoms with Crippen LogP contribution in [-0.4, -0.2) is 35.2 Å². The highest BCUT2D eigenvalue weighted by molar-refractivity contribution is 6.02. The monoisotopic (exact) mass is 262 g/mol. The summed E-state index contributed by atoms with van der Waals surface area (Å²) in [5, 5.41) is 0. The number of aromatic amines is 1. The lowest BCUT2D eigenvalue weighted by Crippen LogP contribution is -2.46. The van der Waals surface area contributed by atoms with E-state index in [2.05, 4.69) is 18.8 Å². The maximum Gasteiger partial charge on any atom is 0.229 e. The Kier molecular flexibility index (Phi) is 3.52. The molecule has 1 N–H and O–H groups in total. The molecule has 2 rings (SSSR count). The van der Waals surface area contributed by atoms with Crippen molar-refractivity contribution in [3.63, 3.8) is 0 Å². The molecule has 1 aliphatic carbocycles. The van der Waals surface area contributed by atoms with Crippen molar-refractivity contribution in [1.29, 1.82) is 0 Å². The Balaban J connectivity index is 2.21. The molecule has 19 heavy (non-hydrogen) atoms. The smallest absolute Gasteiger partial charge is 0.229 e. The van der Waals surface area contributed by atoms with Crippen LogP contribution in [0.1, 0.15) is 43.2 Å². The number of amides is 1. The molecule has 0 fully saturated rings. The van der Waals surface area contributed by atoms with Crippen LogP contribution in [0.15, 0.2) is 12.3 Å². The number of ketones is 1. The Hall–Kier alpha value is -1.58. The van der Waals surface area contributed by atoms with Gasteiger partial charge in [0.15, 0.2) is 5.78 Å². The largest absolute Gasteiger partial charge is 0.364 e. The zero-order valence-electron chi connectivity index (χ0n) is 12.1. The van der Waals surface area contributed by atoms with E-state index in [4.69, 9.17) is 0 Å². The van der Waals surface area contributed by atoms with Gasteiger partial charge in [0.05, 0.1) is 5.41 Å². The van der Waals surface area contributed by atoms with Crippen LogP contribution in [0.5, 0.6) is 0 Å². The third-order valence-corrected chi connectivity index (χ3v) is 3.75. The minimum atomic E-state index is -0.613. The second-order valence-corrected chi connectivity index (χ2v) is 6.29. The summed E-state index contributed by atoms with van der Waals surface area (Å²) < 4.78 is 0. The first-order valence-corrected chi connectivity index (χ1v) is 6.78. The predicted molar refractivity (Wildman–Crippen MR) is 74.0 cm³/mol. The van der Waals surface area contributed by atoms with Crippen LogP contribution in [0.2, 0.25) is 0 Å². The first-order chi connectivity index (χ1) is 8.83. The van der Waals surface area contributed by atoms with E-state index in [1.54, 1.807) is 17.2 Å². The van der Waals surface area contributed by atoms with E-state index in [0.717, 1.165) is 17.8 Å². The van der Waals surface area contributed by atoms with Crippen LogP contribution in [0.25, 0.3) is 0 Å². The highest BCUT2D eigenvalue weighted by Crippen LogP contribution is 2.36. The van der Waals surface area contributed by atoms with Gasteiger partial charge in [-0.05, 0) is 18.9 Å². The normalized spacial score (nSPS) is 22.5. The van der Waals surface area contributed by atoms with Crippen LogP contribution in [0, 0.1) is 11.3 Å². The van der Waals surface area contributed by atoms with E-state index >= 15 is 0 Å². The lowest BCUT2D eigenvalue weighted by Gasteiger charge is -2.35. The van der Waals surface area contributed by atoms with Crippen LogP contribution < -0.4 is 0 Å². The summed E-state index contributed by atoms with van der Waals surface area (Å²) in [7, 11) is 1.82. The van der Waals surface area contributed by atoms with E-state index < -0.39 is 5.41 Å². The zero-order chi connectivity index (χ0) is 14.2. The zero-order valence-corrected chi connectivity index (χ0v) is 12.1. The topological polar surface area (TPSA) is 53.2 Å². The number of hydrogen-bond acceptors (Lipinski definition) is 2. The Morgan fingerprint density at radius 3 is 2.79 bits per heavy atom. The van der Waals surface area contributed by atoms with Crippen LogP contribution in [0.3, 0.4) is 0 Å². The number of H-pyrrole nitrogens is 1. The Morgan fingerprint density at radius 2 is 2.16 bits per heavy atom. The minimum Gasteiger partial charge on any atom is -0.364 e. The van der Waals surface area contributed by atoms with Gasteiger partial charge in [-0.15, -0.1) is 0 Å². The SMILES string of the molecule is CC(C)CN(C)C(=O)C1(C)CC(=O)c2cc[nH]c2C1. The average Bonchev–Trinajstić information content (AvgIpc) is 2.75. The van der Waals surface area contributed by atoms with Crippen molar-refractivity contribution >= 4 is 11.7 Å². The fourth-order valence-electron chi connectivity index (χ4n) is 2.96. The summed E-state index contributed by atoms with van der Waals surface area (Å²) in [6.07, 6.45) is 2.69. The van der Waals surface area contributed by atoms with Gasteiger partial charge in [0, 0.05) is 43.9 Å². The number of aromatic nitrogens is 1.